The maximum atomic E-state index is 10.9. The number of nitrogens with zero attached hydrogens (tertiary/aromatic N) is 7. The van der Waals surface area contributed by atoms with Gasteiger partial charge in [0.15, 0.2) is 5.82 Å². The van der Waals surface area contributed by atoms with Crippen LogP contribution in [0, 0.1) is 0 Å². The Kier molecular flexibility index (Phi) is 5.41. The fourth-order valence-corrected chi connectivity index (χ4v) is 3.59. The molecule has 9 nitrogen and oxygen atoms in total. The van der Waals surface area contributed by atoms with E-state index < -0.39 is 0 Å². The monoisotopic (exact) mass is 383 g/mol. The van der Waals surface area contributed by atoms with Crippen LogP contribution in [0.1, 0.15) is 0 Å². The number of hydrogen-bond donors (Lipinski definition) is 0. The zero-order chi connectivity index (χ0) is 19.3. The summed E-state index contributed by atoms with van der Waals surface area (Å²) in [5.74, 6) is 2.37. The standard InChI is InChI=1S/C19H25N7O2/c1-28-17-4-2-16(3-5-17)24-10-12-26(13-11-24)19-21-18(14-20-22-19)25-8-6-23(15-27)7-9-25/h2-5,14-15H,6-13H2,1H3. The Morgan fingerprint density at radius 1 is 0.893 bits per heavy atom. The quantitative estimate of drug-likeness (QED) is 0.690. The van der Waals surface area contributed by atoms with Crippen LogP contribution in [-0.4, -0.2) is 86.0 Å². The van der Waals surface area contributed by atoms with Crippen molar-refractivity contribution in [2.75, 3.05) is 74.2 Å². The van der Waals surface area contributed by atoms with Gasteiger partial charge in [-0.15, -0.1) is 5.10 Å². The third-order valence-corrected chi connectivity index (χ3v) is 5.32. The molecule has 0 atom stereocenters. The molecule has 0 radical (unpaired) electrons. The van der Waals surface area contributed by atoms with Crippen molar-refractivity contribution < 1.29 is 9.53 Å². The van der Waals surface area contributed by atoms with Crippen LogP contribution in [0.25, 0.3) is 0 Å². The van der Waals surface area contributed by atoms with Gasteiger partial charge in [0, 0.05) is 58.0 Å². The molecule has 2 aliphatic heterocycles. The number of carbonyl (C=O) groups is 1. The van der Waals surface area contributed by atoms with E-state index in [0.29, 0.717) is 19.0 Å². The van der Waals surface area contributed by atoms with Crippen molar-refractivity contribution in [3.05, 3.63) is 30.5 Å². The Labute approximate surface area is 164 Å². The molecule has 0 spiro atoms. The molecule has 2 aliphatic rings. The average molecular weight is 383 g/mol. The summed E-state index contributed by atoms with van der Waals surface area (Å²) in [6, 6.07) is 8.16. The van der Waals surface area contributed by atoms with E-state index in [0.717, 1.165) is 57.2 Å². The average Bonchev–Trinajstić information content (AvgIpc) is 2.79. The number of piperazine rings is 2. The number of aromatic nitrogens is 3. The molecule has 0 bridgehead atoms. The van der Waals surface area contributed by atoms with Crippen LogP contribution in [0.3, 0.4) is 0 Å². The first-order valence-electron chi connectivity index (χ1n) is 9.55. The summed E-state index contributed by atoms with van der Waals surface area (Å²) >= 11 is 0. The van der Waals surface area contributed by atoms with Crippen molar-refractivity contribution in [3.8, 4) is 5.75 Å². The minimum absolute atomic E-state index is 0.671. The highest BCUT2D eigenvalue weighted by atomic mass is 16.5. The van der Waals surface area contributed by atoms with Crippen LogP contribution in [0.15, 0.2) is 30.5 Å². The molecule has 4 rings (SSSR count). The van der Waals surface area contributed by atoms with Gasteiger partial charge in [0.05, 0.1) is 13.3 Å². The molecule has 2 saturated heterocycles. The number of amides is 1. The predicted molar refractivity (Wildman–Crippen MR) is 107 cm³/mol. The lowest BCUT2D eigenvalue weighted by Gasteiger charge is -2.36. The lowest BCUT2D eigenvalue weighted by Crippen LogP contribution is -2.48. The minimum atomic E-state index is 0.671. The highest BCUT2D eigenvalue weighted by molar-refractivity contribution is 5.52. The highest BCUT2D eigenvalue weighted by Gasteiger charge is 2.22. The molecule has 0 saturated carbocycles. The van der Waals surface area contributed by atoms with E-state index in [1.807, 2.05) is 12.1 Å². The maximum absolute atomic E-state index is 10.9. The Bertz CT molecular complexity index is 785. The van der Waals surface area contributed by atoms with E-state index in [1.165, 1.54) is 5.69 Å². The summed E-state index contributed by atoms with van der Waals surface area (Å²) in [5.41, 5.74) is 1.20. The number of rotatable bonds is 5. The fourth-order valence-electron chi connectivity index (χ4n) is 3.59. The van der Waals surface area contributed by atoms with Gasteiger partial charge in [-0.3, -0.25) is 4.79 Å². The molecular formula is C19H25N7O2. The molecule has 0 unspecified atom stereocenters. The van der Waals surface area contributed by atoms with Crippen molar-refractivity contribution in [2.45, 2.75) is 0 Å². The molecule has 0 aliphatic carbocycles. The van der Waals surface area contributed by atoms with Gasteiger partial charge in [-0.1, -0.05) is 0 Å². The van der Waals surface area contributed by atoms with Gasteiger partial charge in [0.25, 0.3) is 0 Å². The number of hydrogen-bond acceptors (Lipinski definition) is 8. The van der Waals surface area contributed by atoms with Gasteiger partial charge < -0.3 is 24.3 Å². The second kappa shape index (κ2) is 8.28. The van der Waals surface area contributed by atoms with Gasteiger partial charge in [0.2, 0.25) is 12.4 Å². The summed E-state index contributed by atoms with van der Waals surface area (Å²) in [6.45, 7) is 6.44. The van der Waals surface area contributed by atoms with Crippen molar-refractivity contribution >= 4 is 23.9 Å². The Morgan fingerprint density at radius 3 is 2.18 bits per heavy atom. The van der Waals surface area contributed by atoms with Crippen LogP contribution in [0.5, 0.6) is 5.75 Å². The molecule has 0 N–H and O–H groups in total. The van der Waals surface area contributed by atoms with Gasteiger partial charge in [0.1, 0.15) is 5.75 Å². The van der Waals surface area contributed by atoms with Gasteiger partial charge in [-0.25, -0.2) is 0 Å². The molecule has 1 amide bonds. The molecule has 1 aromatic carbocycles. The van der Waals surface area contributed by atoms with Gasteiger partial charge in [-0.05, 0) is 24.3 Å². The smallest absolute Gasteiger partial charge is 0.247 e. The third kappa shape index (κ3) is 3.92. The summed E-state index contributed by atoms with van der Waals surface area (Å²) in [4.78, 5) is 24.1. The number of methoxy groups -OCH3 is 1. The van der Waals surface area contributed by atoms with Crippen molar-refractivity contribution in [3.63, 3.8) is 0 Å². The topological polar surface area (TPSA) is 77.9 Å². The van der Waals surface area contributed by atoms with E-state index in [-0.39, 0.29) is 0 Å². The van der Waals surface area contributed by atoms with E-state index in [4.69, 9.17) is 9.72 Å². The first-order valence-corrected chi connectivity index (χ1v) is 9.55. The first-order chi connectivity index (χ1) is 13.8. The summed E-state index contributed by atoms with van der Waals surface area (Å²) in [6.07, 6.45) is 2.61. The Balaban J connectivity index is 1.37. The van der Waals surface area contributed by atoms with Crippen LogP contribution < -0.4 is 19.4 Å². The molecule has 9 heteroatoms. The van der Waals surface area contributed by atoms with Gasteiger partial charge >= 0.3 is 0 Å². The van der Waals surface area contributed by atoms with Crippen molar-refractivity contribution in [1.82, 2.24) is 20.1 Å². The number of ether oxygens (including phenoxy) is 1. The fraction of sp³-hybridized carbons (Fsp3) is 0.474. The van der Waals surface area contributed by atoms with E-state index in [2.05, 4.69) is 37.0 Å². The molecular weight excluding hydrogens is 358 g/mol. The maximum Gasteiger partial charge on any atom is 0.247 e. The predicted octanol–water partition coefficient (Wildman–Crippen LogP) is 0.485. The van der Waals surface area contributed by atoms with Crippen LogP contribution >= 0.6 is 0 Å². The zero-order valence-electron chi connectivity index (χ0n) is 16.1. The SMILES string of the molecule is COc1ccc(N2CCN(c3nncc(N4CCN(C=O)CC4)n3)CC2)cc1. The molecule has 2 aromatic rings. The number of carbonyl (C=O) groups excluding carboxylic acids is 1. The molecule has 28 heavy (non-hydrogen) atoms. The second-order valence-corrected chi connectivity index (χ2v) is 6.92. The molecule has 148 valence electrons. The summed E-state index contributed by atoms with van der Waals surface area (Å²) in [7, 11) is 1.68. The normalized spacial score (nSPS) is 17.6. The second-order valence-electron chi connectivity index (χ2n) is 6.92. The highest BCUT2D eigenvalue weighted by Crippen LogP contribution is 2.22. The zero-order valence-corrected chi connectivity index (χ0v) is 16.1. The first kappa shape index (κ1) is 18.3. The van der Waals surface area contributed by atoms with E-state index in [9.17, 15) is 4.79 Å². The molecule has 1 aromatic heterocycles. The van der Waals surface area contributed by atoms with E-state index in [1.54, 1.807) is 18.2 Å². The molecule has 3 heterocycles. The third-order valence-electron chi connectivity index (χ3n) is 5.32. The van der Waals surface area contributed by atoms with Crippen LogP contribution in [0.2, 0.25) is 0 Å². The Hall–Kier alpha value is -3.10. The summed E-state index contributed by atoms with van der Waals surface area (Å²) in [5, 5.41) is 8.41. The van der Waals surface area contributed by atoms with Gasteiger partial charge in [-0.2, -0.15) is 10.1 Å². The molecule has 2 fully saturated rings. The summed E-state index contributed by atoms with van der Waals surface area (Å²) < 4.78 is 5.23. The van der Waals surface area contributed by atoms with Crippen molar-refractivity contribution in [1.29, 1.82) is 0 Å². The number of benzene rings is 1. The lowest BCUT2D eigenvalue weighted by molar-refractivity contribution is -0.118. The van der Waals surface area contributed by atoms with Crippen LogP contribution in [-0.2, 0) is 4.79 Å². The largest absolute Gasteiger partial charge is 0.497 e. The lowest BCUT2D eigenvalue weighted by atomic mass is 10.2. The van der Waals surface area contributed by atoms with E-state index >= 15 is 0 Å². The van der Waals surface area contributed by atoms with Crippen LogP contribution in [0.4, 0.5) is 17.5 Å². The Morgan fingerprint density at radius 2 is 1.54 bits per heavy atom. The van der Waals surface area contributed by atoms with Crippen molar-refractivity contribution in [2.24, 2.45) is 0 Å². The number of anilines is 3. The minimum Gasteiger partial charge on any atom is -0.497 e.